The summed E-state index contributed by atoms with van der Waals surface area (Å²) in [5.74, 6) is -0.178. The highest BCUT2D eigenvalue weighted by molar-refractivity contribution is 5.11. The van der Waals surface area contributed by atoms with E-state index in [1.807, 2.05) is 0 Å². The van der Waals surface area contributed by atoms with Crippen molar-refractivity contribution in [2.75, 3.05) is 0 Å². The molecule has 0 amide bonds. The zero-order chi connectivity index (χ0) is 5.28. The van der Waals surface area contributed by atoms with Crippen LogP contribution in [0.4, 0.5) is 0 Å². The molecule has 0 fully saturated rings. The maximum Gasteiger partial charge on any atom is 0.0425 e. The summed E-state index contributed by atoms with van der Waals surface area (Å²) in [6.07, 6.45) is 2.36. The van der Waals surface area contributed by atoms with Crippen molar-refractivity contribution in [2.45, 2.75) is 0 Å². The first-order chi connectivity index (χ1) is 3.29. The van der Waals surface area contributed by atoms with E-state index in [4.69, 9.17) is 5.21 Å². The molecule has 1 aromatic rings. The Bertz CT molecular complexity index is 142. The maximum atomic E-state index is 10.1. The fraction of sp³-hybridized carbons (Fsp3) is 0. The summed E-state index contributed by atoms with van der Waals surface area (Å²) in [7, 11) is 0. The van der Waals surface area contributed by atoms with Crippen LogP contribution in [0.2, 0.25) is 0 Å². The minimum atomic E-state index is -0.178. The number of rotatable bonds is 0. The molecule has 0 saturated heterocycles. The summed E-state index contributed by atoms with van der Waals surface area (Å²) in [5, 5.41) is 18.5. The third-order valence-corrected chi connectivity index (χ3v) is 0.651. The maximum absolute atomic E-state index is 10.1. The monoisotopic (exact) mass is 98.0 g/mol. The minimum Gasteiger partial charge on any atom is -0.871 e. The molecule has 0 bridgehead atoms. The van der Waals surface area contributed by atoms with E-state index in [2.05, 4.69) is 0 Å². The number of hydrogen-bond donors (Lipinski definition) is 1. The van der Waals surface area contributed by atoms with Crippen LogP contribution in [0.1, 0.15) is 0 Å². The first-order valence-electron chi connectivity index (χ1n) is 1.83. The number of aromatic nitrogens is 1. The number of hydrogen-bond acceptors (Lipinski definition) is 2. The average molecular weight is 98.1 g/mol. The minimum absolute atomic E-state index is 0.178. The second kappa shape index (κ2) is 1.18. The Balaban J connectivity index is 3.04. The zero-order valence-corrected chi connectivity index (χ0v) is 3.53. The molecular formula is C4H4NO2-. The van der Waals surface area contributed by atoms with Gasteiger partial charge in [0.05, 0.1) is 0 Å². The molecule has 7 heavy (non-hydrogen) atoms. The smallest absolute Gasteiger partial charge is 0.0425 e. The van der Waals surface area contributed by atoms with E-state index in [-0.39, 0.29) is 5.75 Å². The molecule has 1 aromatic heterocycles. The van der Waals surface area contributed by atoms with Crippen molar-refractivity contribution in [3.8, 4) is 5.75 Å². The molecule has 0 radical (unpaired) electrons. The highest BCUT2D eigenvalue weighted by Crippen LogP contribution is 1.99. The molecule has 0 aliphatic heterocycles. The van der Waals surface area contributed by atoms with Gasteiger partial charge in [-0.25, -0.2) is 4.73 Å². The summed E-state index contributed by atoms with van der Waals surface area (Å²) in [5.41, 5.74) is 0. The molecule has 0 aliphatic rings. The molecule has 0 spiro atoms. The van der Waals surface area contributed by atoms with Crippen LogP contribution in [-0.2, 0) is 0 Å². The van der Waals surface area contributed by atoms with Gasteiger partial charge in [0.25, 0.3) is 0 Å². The Kier molecular flexibility index (Phi) is 0.685. The van der Waals surface area contributed by atoms with Gasteiger partial charge in [-0.2, -0.15) is 0 Å². The molecule has 1 heterocycles. The molecule has 0 atom stereocenters. The van der Waals surface area contributed by atoms with Gasteiger partial charge in [0.1, 0.15) is 0 Å². The van der Waals surface area contributed by atoms with Crippen molar-refractivity contribution in [2.24, 2.45) is 0 Å². The van der Waals surface area contributed by atoms with Gasteiger partial charge in [-0.05, 0) is 6.07 Å². The largest absolute Gasteiger partial charge is 0.871 e. The van der Waals surface area contributed by atoms with Crippen molar-refractivity contribution < 1.29 is 10.3 Å². The molecule has 3 heteroatoms. The highest BCUT2D eigenvalue weighted by Gasteiger charge is 1.76. The average Bonchev–Trinajstić information content (AvgIpc) is 1.87. The zero-order valence-electron chi connectivity index (χ0n) is 3.53. The molecule has 38 valence electrons. The van der Waals surface area contributed by atoms with E-state index in [9.17, 15) is 5.11 Å². The molecule has 1 N–H and O–H groups in total. The Morgan fingerprint density at radius 2 is 2.43 bits per heavy atom. The van der Waals surface area contributed by atoms with E-state index in [0.29, 0.717) is 0 Å². The lowest BCUT2D eigenvalue weighted by Gasteiger charge is -1.91. The van der Waals surface area contributed by atoms with Gasteiger partial charge < -0.3 is 10.3 Å². The number of nitrogens with zero attached hydrogens (tertiary/aromatic N) is 1. The lowest BCUT2D eigenvalue weighted by Crippen LogP contribution is -1.86. The first kappa shape index (κ1) is 4.05. The van der Waals surface area contributed by atoms with Crippen LogP contribution in [0.25, 0.3) is 0 Å². The second-order valence-electron chi connectivity index (χ2n) is 1.23. The topological polar surface area (TPSA) is 48.2 Å². The molecule has 0 saturated carbocycles. The van der Waals surface area contributed by atoms with Crippen LogP contribution >= 0.6 is 0 Å². The van der Waals surface area contributed by atoms with E-state index in [0.717, 1.165) is 10.9 Å². The van der Waals surface area contributed by atoms with Gasteiger partial charge in [0, 0.05) is 12.4 Å². The van der Waals surface area contributed by atoms with Crippen LogP contribution in [0.15, 0.2) is 18.5 Å². The summed E-state index contributed by atoms with van der Waals surface area (Å²) < 4.78 is 0.725. The summed E-state index contributed by atoms with van der Waals surface area (Å²) in [4.78, 5) is 0. The lowest BCUT2D eigenvalue weighted by molar-refractivity contribution is -0.268. The van der Waals surface area contributed by atoms with Gasteiger partial charge in [0.15, 0.2) is 0 Å². The predicted molar refractivity (Wildman–Crippen MR) is 21.1 cm³/mol. The molecule has 0 unspecified atom stereocenters. The Labute approximate surface area is 40.4 Å². The summed E-state index contributed by atoms with van der Waals surface area (Å²) in [6.45, 7) is 0. The standard InChI is InChI=1S/C4H5NO2/c6-4-1-2-5(7)3-4/h1-3,6-7H/p-1. The highest BCUT2D eigenvalue weighted by atomic mass is 16.5. The Morgan fingerprint density at radius 1 is 1.71 bits per heavy atom. The van der Waals surface area contributed by atoms with E-state index < -0.39 is 0 Å². The van der Waals surface area contributed by atoms with Crippen LogP contribution in [0.3, 0.4) is 0 Å². The van der Waals surface area contributed by atoms with Gasteiger partial charge in [0.2, 0.25) is 0 Å². The Hall–Kier alpha value is -1.12. The second-order valence-corrected chi connectivity index (χ2v) is 1.23. The fourth-order valence-corrected chi connectivity index (χ4v) is 0.366. The predicted octanol–water partition coefficient (Wildman–Crippen LogP) is -0.201. The molecule has 3 nitrogen and oxygen atoms in total. The Morgan fingerprint density at radius 3 is 2.57 bits per heavy atom. The van der Waals surface area contributed by atoms with Gasteiger partial charge in [-0.3, -0.25) is 0 Å². The summed E-state index contributed by atoms with van der Waals surface area (Å²) in [6, 6.07) is 1.28. The van der Waals surface area contributed by atoms with Gasteiger partial charge >= 0.3 is 0 Å². The van der Waals surface area contributed by atoms with Crippen LogP contribution in [0.5, 0.6) is 5.75 Å². The van der Waals surface area contributed by atoms with Crippen molar-refractivity contribution >= 4 is 0 Å². The van der Waals surface area contributed by atoms with E-state index in [1.165, 1.54) is 12.3 Å². The van der Waals surface area contributed by atoms with Crippen molar-refractivity contribution in [3.63, 3.8) is 0 Å². The third-order valence-electron chi connectivity index (χ3n) is 0.651. The first-order valence-corrected chi connectivity index (χ1v) is 1.83. The van der Waals surface area contributed by atoms with Crippen LogP contribution < -0.4 is 5.11 Å². The van der Waals surface area contributed by atoms with Gasteiger partial charge in [-0.15, -0.1) is 0 Å². The lowest BCUT2D eigenvalue weighted by atomic mass is 10.6. The van der Waals surface area contributed by atoms with E-state index >= 15 is 0 Å². The van der Waals surface area contributed by atoms with Crippen molar-refractivity contribution in [3.05, 3.63) is 18.5 Å². The van der Waals surface area contributed by atoms with Gasteiger partial charge in [-0.1, -0.05) is 5.75 Å². The molecule has 1 rings (SSSR count). The molecular weight excluding hydrogens is 94.0 g/mol. The van der Waals surface area contributed by atoms with Crippen molar-refractivity contribution in [1.29, 1.82) is 0 Å². The summed E-state index contributed by atoms with van der Waals surface area (Å²) >= 11 is 0. The molecule has 0 aliphatic carbocycles. The van der Waals surface area contributed by atoms with Crippen LogP contribution in [-0.4, -0.2) is 9.94 Å². The SMILES string of the molecule is [O-]c1ccn(O)c1. The molecule has 0 aromatic carbocycles. The van der Waals surface area contributed by atoms with Crippen LogP contribution in [0, 0.1) is 0 Å². The fourth-order valence-electron chi connectivity index (χ4n) is 0.366. The normalized spacial score (nSPS) is 9.14. The van der Waals surface area contributed by atoms with Crippen molar-refractivity contribution in [1.82, 2.24) is 4.73 Å². The quantitative estimate of drug-likeness (QED) is 0.457. The van der Waals surface area contributed by atoms with E-state index in [1.54, 1.807) is 0 Å². The third kappa shape index (κ3) is 0.652.